The molecule has 3 rings (SSSR count). The maximum absolute atomic E-state index is 12.0. The highest BCUT2D eigenvalue weighted by molar-refractivity contribution is 5.87. The second kappa shape index (κ2) is 8.49. The van der Waals surface area contributed by atoms with Crippen LogP contribution >= 0.6 is 0 Å². The molecule has 1 aromatic heterocycles. The van der Waals surface area contributed by atoms with E-state index in [-0.39, 0.29) is 11.5 Å². The minimum Gasteiger partial charge on any atom is -0.478 e. The molecule has 0 fully saturated rings. The fourth-order valence-corrected chi connectivity index (χ4v) is 3.05. The Balaban J connectivity index is 1.40. The topological polar surface area (TPSA) is 84.2 Å². The molecule has 0 saturated heterocycles. The van der Waals surface area contributed by atoms with Crippen molar-refractivity contribution in [2.45, 2.75) is 25.7 Å². The van der Waals surface area contributed by atoms with Gasteiger partial charge >= 0.3 is 5.97 Å². The van der Waals surface area contributed by atoms with E-state index in [9.17, 15) is 9.59 Å². The summed E-state index contributed by atoms with van der Waals surface area (Å²) in [7, 11) is 2.01. The number of nitrogens with one attached hydrogen (secondary N) is 1. The van der Waals surface area contributed by atoms with E-state index >= 15 is 0 Å². The van der Waals surface area contributed by atoms with Gasteiger partial charge in [-0.25, -0.2) is 9.78 Å². The molecular formula is C21H23N3O3. The van der Waals surface area contributed by atoms with Gasteiger partial charge in [0.1, 0.15) is 5.82 Å². The van der Waals surface area contributed by atoms with E-state index < -0.39 is 5.97 Å². The number of benzene rings is 2. The molecule has 6 nitrogen and oxygen atoms in total. The quantitative estimate of drug-likeness (QED) is 0.601. The lowest BCUT2D eigenvalue weighted by Gasteiger charge is -2.06. The maximum atomic E-state index is 12.0. The number of carbonyl (C=O) groups is 2. The van der Waals surface area contributed by atoms with Crippen LogP contribution in [-0.2, 0) is 24.7 Å². The Labute approximate surface area is 157 Å². The van der Waals surface area contributed by atoms with Crippen molar-refractivity contribution in [3.8, 4) is 0 Å². The number of hydrogen-bond acceptors (Lipinski definition) is 3. The zero-order valence-corrected chi connectivity index (χ0v) is 15.3. The van der Waals surface area contributed by atoms with Gasteiger partial charge in [-0.1, -0.05) is 24.3 Å². The highest BCUT2D eigenvalue weighted by Gasteiger charge is 2.08. The molecule has 6 heteroatoms. The van der Waals surface area contributed by atoms with E-state index in [2.05, 4.69) is 20.9 Å². The van der Waals surface area contributed by atoms with Gasteiger partial charge in [-0.15, -0.1) is 0 Å². The summed E-state index contributed by atoms with van der Waals surface area (Å²) >= 11 is 0. The van der Waals surface area contributed by atoms with Gasteiger partial charge < -0.3 is 15.0 Å². The number of amides is 1. The normalized spacial score (nSPS) is 10.9. The number of carboxylic acids is 1. The molecule has 0 atom stereocenters. The fourth-order valence-electron chi connectivity index (χ4n) is 3.05. The number of aryl methyl sites for hydroxylation is 3. The van der Waals surface area contributed by atoms with Gasteiger partial charge in [0.2, 0.25) is 5.91 Å². The first-order valence-corrected chi connectivity index (χ1v) is 9.04. The number of carboxylic acid groups (broad SMARTS) is 1. The van der Waals surface area contributed by atoms with Crippen molar-refractivity contribution in [1.82, 2.24) is 14.9 Å². The van der Waals surface area contributed by atoms with Crippen LogP contribution in [0.4, 0.5) is 0 Å². The van der Waals surface area contributed by atoms with Crippen LogP contribution in [-0.4, -0.2) is 33.1 Å². The number of hydrogen-bond donors (Lipinski definition) is 2. The van der Waals surface area contributed by atoms with Gasteiger partial charge in [0.05, 0.1) is 16.6 Å². The van der Waals surface area contributed by atoms with Crippen molar-refractivity contribution in [3.05, 3.63) is 65.5 Å². The van der Waals surface area contributed by atoms with Crippen molar-refractivity contribution in [3.63, 3.8) is 0 Å². The second-order valence-electron chi connectivity index (χ2n) is 6.53. The Kier molecular flexibility index (Phi) is 5.86. The number of imidazole rings is 1. The number of nitrogens with zero attached hydrogens (tertiary/aromatic N) is 2. The van der Waals surface area contributed by atoms with E-state index in [1.807, 2.05) is 25.2 Å². The van der Waals surface area contributed by atoms with Crippen LogP contribution in [0.1, 0.15) is 34.6 Å². The van der Waals surface area contributed by atoms with Gasteiger partial charge in [-0.05, 0) is 42.7 Å². The molecule has 0 unspecified atom stereocenters. The van der Waals surface area contributed by atoms with Crippen LogP contribution in [0.3, 0.4) is 0 Å². The summed E-state index contributed by atoms with van der Waals surface area (Å²) in [5.41, 5.74) is 3.32. The highest BCUT2D eigenvalue weighted by Crippen LogP contribution is 2.15. The summed E-state index contributed by atoms with van der Waals surface area (Å²) in [5.74, 6) is 0.0752. The van der Waals surface area contributed by atoms with Crippen molar-refractivity contribution >= 4 is 22.9 Å². The SMILES string of the molecule is Cn1c(CCCNC(=O)CCc2ccc(C(=O)O)cc2)nc2ccccc21. The summed E-state index contributed by atoms with van der Waals surface area (Å²) < 4.78 is 2.10. The molecule has 2 aromatic carbocycles. The Bertz CT molecular complexity index is 945. The number of para-hydroxylation sites is 2. The smallest absolute Gasteiger partial charge is 0.335 e. The predicted octanol–water partition coefficient (Wildman–Crippen LogP) is 2.95. The first kappa shape index (κ1) is 18.6. The Morgan fingerprint density at radius 2 is 1.81 bits per heavy atom. The van der Waals surface area contributed by atoms with Crippen molar-refractivity contribution in [2.24, 2.45) is 7.05 Å². The third-order valence-electron chi connectivity index (χ3n) is 4.62. The summed E-state index contributed by atoms with van der Waals surface area (Å²) in [4.78, 5) is 27.4. The second-order valence-corrected chi connectivity index (χ2v) is 6.53. The third kappa shape index (κ3) is 4.73. The zero-order chi connectivity index (χ0) is 19.2. The average molecular weight is 365 g/mol. The largest absolute Gasteiger partial charge is 0.478 e. The number of fused-ring (bicyclic) bond motifs is 1. The van der Waals surface area contributed by atoms with Crippen LogP contribution in [0.5, 0.6) is 0 Å². The van der Waals surface area contributed by atoms with Crippen molar-refractivity contribution in [1.29, 1.82) is 0 Å². The molecule has 2 N–H and O–H groups in total. The number of rotatable bonds is 8. The first-order valence-electron chi connectivity index (χ1n) is 9.04. The van der Waals surface area contributed by atoms with Gasteiger partial charge in [0.25, 0.3) is 0 Å². The van der Waals surface area contributed by atoms with E-state index in [1.54, 1.807) is 24.3 Å². The minimum atomic E-state index is -0.945. The Hall–Kier alpha value is -3.15. The molecule has 0 bridgehead atoms. The average Bonchev–Trinajstić information content (AvgIpc) is 3.00. The molecule has 0 radical (unpaired) electrons. The standard InChI is InChI=1S/C21H23N3O3/c1-24-18-6-3-2-5-17(18)23-19(24)7-4-14-22-20(25)13-10-15-8-11-16(12-9-15)21(26)27/h2-3,5-6,8-9,11-12H,4,7,10,13-14H2,1H3,(H,22,25)(H,26,27). The Morgan fingerprint density at radius 1 is 1.07 bits per heavy atom. The summed E-state index contributed by atoms with van der Waals surface area (Å²) in [6.45, 7) is 0.611. The molecule has 0 aliphatic heterocycles. The lowest BCUT2D eigenvalue weighted by Crippen LogP contribution is -2.25. The van der Waals surface area contributed by atoms with E-state index in [4.69, 9.17) is 5.11 Å². The molecule has 0 aliphatic carbocycles. The van der Waals surface area contributed by atoms with Gasteiger partial charge in [-0.3, -0.25) is 4.79 Å². The van der Waals surface area contributed by atoms with Gasteiger partial charge in [-0.2, -0.15) is 0 Å². The van der Waals surface area contributed by atoms with Crippen LogP contribution in [0.2, 0.25) is 0 Å². The zero-order valence-electron chi connectivity index (χ0n) is 15.3. The maximum Gasteiger partial charge on any atom is 0.335 e. The molecular weight excluding hydrogens is 342 g/mol. The molecule has 0 saturated carbocycles. The van der Waals surface area contributed by atoms with Crippen LogP contribution < -0.4 is 5.32 Å². The monoisotopic (exact) mass is 365 g/mol. The summed E-state index contributed by atoms with van der Waals surface area (Å²) in [5, 5.41) is 11.8. The minimum absolute atomic E-state index is 0.00214. The summed E-state index contributed by atoms with van der Waals surface area (Å²) in [6, 6.07) is 14.7. The molecule has 1 heterocycles. The Morgan fingerprint density at radius 3 is 2.52 bits per heavy atom. The lowest BCUT2D eigenvalue weighted by molar-refractivity contribution is -0.121. The highest BCUT2D eigenvalue weighted by atomic mass is 16.4. The molecule has 140 valence electrons. The van der Waals surface area contributed by atoms with Crippen LogP contribution in [0, 0.1) is 0 Å². The predicted molar refractivity (Wildman–Crippen MR) is 104 cm³/mol. The van der Waals surface area contributed by atoms with E-state index in [0.717, 1.165) is 35.3 Å². The molecule has 0 aliphatic rings. The first-order chi connectivity index (χ1) is 13.0. The number of carbonyl (C=O) groups excluding carboxylic acids is 1. The van der Waals surface area contributed by atoms with Crippen LogP contribution in [0.25, 0.3) is 11.0 Å². The fraction of sp³-hybridized carbons (Fsp3) is 0.286. The van der Waals surface area contributed by atoms with Crippen molar-refractivity contribution < 1.29 is 14.7 Å². The molecule has 0 spiro atoms. The third-order valence-corrected chi connectivity index (χ3v) is 4.62. The van der Waals surface area contributed by atoms with E-state index in [0.29, 0.717) is 19.4 Å². The number of aromatic nitrogens is 2. The molecule has 3 aromatic rings. The lowest BCUT2D eigenvalue weighted by atomic mass is 10.1. The van der Waals surface area contributed by atoms with Crippen molar-refractivity contribution in [2.75, 3.05) is 6.54 Å². The van der Waals surface area contributed by atoms with Gasteiger partial charge in [0.15, 0.2) is 0 Å². The number of aromatic carboxylic acids is 1. The summed E-state index contributed by atoms with van der Waals surface area (Å²) in [6.07, 6.45) is 2.62. The van der Waals surface area contributed by atoms with E-state index in [1.165, 1.54) is 0 Å². The molecule has 1 amide bonds. The molecule has 27 heavy (non-hydrogen) atoms. The van der Waals surface area contributed by atoms with Crippen LogP contribution in [0.15, 0.2) is 48.5 Å². The van der Waals surface area contributed by atoms with Gasteiger partial charge in [0, 0.05) is 26.4 Å².